The first-order valence-corrected chi connectivity index (χ1v) is 14.5. The van der Waals surface area contributed by atoms with Crippen LogP contribution < -0.4 is 0 Å². The Kier molecular flexibility index (Phi) is 5.43. The van der Waals surface area contributed by atoms with Crippen molar-refractivity contribution in [3.8, 4) is 45.3 Å². The molecule has 9 aromatic rings. The third-order valence-electron chi connectivity index (χ3n) is 8.14. The maximum absolute atomic E-state index is 6.21. The number of nitrogens with zero attached hydrogens (tertiary/aromatic N) is 3. The molecular weight excluding hydrogens is 542 g/mol. The average molecular weight is 566 g/mol. The van der Waals surface area contributed by atoms with Gasteiger partial charge in [-0.05, 0) is 53.6 Å². The Balaban J connectivity index is 1.29. The minimum absolute atomic E-state index is 0.587. The molecule has 44 heavy (non-hydrogen) atoms. The molecule has 0 saturated heterocycles. The summed E-state index contributed by atoms with van der Waals surface area (Å²) < 4.78 is 12.3. The van der Waals surface area contributed by atoms with Gasteiger partial charge in [0.05, 0.1) is 0 Å². The van der Waals surface area contributed by atoms with Crippen LogP contribution in [0.3, 0.4) is 0 Å². The smallest absolute Gasteiger partial charge is 0.164 e. The monoisotopic (exact) mass is 565 g/mol. The van der Waals surface area contributed by atoms with Crippen molar-refractivity contribution < 1.29 is 8.83 Å². The van der Waals surface area contributed by atoms with Crippen LogP contribution in [0.4, 0.5) is 0 Å². The van der Waals surface area contributed by atoms with E-state index in [9.17, 15) is 0 Å². The summed E-state index contributed by atoms with van der Waals surface area (Å²) in [5.74, 6) is 1.78. The van der Waals surface area contributed by atoms with E-state index in [1.807, 2.05) is 78.9 Å². The van der Waals surface area contributed by atoms with Crippen LogP contribution in [0.5, 0.6) is 0 Å². The molecule has 0 amide bonds. The van der Waals surface area contributed by atoms with E-state index in [1.54, 1.807) is 0 Å². The Labute approximate surface area is 252 Å². The fraction of sp³-hybridized carbons (Fsp3) is 0. The Morgan fingerprint density at radius 3 is 1.75 bits per heavy atom. The second-order valence-electron chi connectivity index (χ2n) is 10.8. The molecule has 0 atom stereocenters. The standard InChI is InChI=1S/C39H23N3O2/c1-2-10-24(11-3-1)25-12-8-13-26(22-25)37-40-38(27-20-21-34-31(23-27)28-14-4-6-17-32(28)43-34)42-39(41-37)30-16-9-19-35-36(30)29-15-5-7-18-33(29)44-35/h1-23H. The van der Waals surface area contributed by atoms with E-state index < -0.39 is 0 Å². The molecule has 0 radical (unpaired) electrons. The molecule has 0 unspecified atom stereocenters. The van der Waals surface area contributed by atoms with E-state index >= 15 is 0 Å². The number of aromatic nitrogens is 3. The van der Waals surface area contributed by atoms with Gasteiger partial charge in [0.2, 0.25) is 0 Å². The first-order valence-electron chi connectivity index (χ1n) is 14.5. The molecule has 206 valence electrons. The highest BCUT2D eigenvalue weighted by Crippen LogP contribution is 2.37. The van der Waals surface area contributed by atoms with Gasteiger partial charge in [-0.15, -0.1) is 0 Å². The van der Waals surface area contributed by atoms with Crippen molar-refractivity contribution in [3.63, 3.8) is 0 Å². The highest BCUT2D eigenvalue weighted by Gasteiger charge is 2.18. The molecule has 3 aromatic heterocycles. The number of hydrogen-bond acceptors (Lipinski definition) is 5. The van der Waals surface area contributed by atoms with Crippen molar-refractivity contribution in [2.75, 3.05) is 0 Å². The topological polar surface area (TPSA) is 65.0 Å². The van der Waals surface area contributed by atoms with Crippen LogP contribution in [0.1, 0.15) is 0 Å². The maximum atomic E-state index is 6.21. The molecule has 0 fully saturated rings. The molecule has 0 N–H and O–H groups in total. The Bertz CT molecular complexity index is 2510. The van der Waals surface area contributed by atoms with Gasteiger partial charge in [0.25, 0.3) is 0 Å². The van der Waals surface area contributed by atoms with Gasteiger partial charge in [-0.3, -0.25) is 0 Å². The van der Waals surface area contributed by atoms with Crippen molar-refractivity contribution in [1.29, 1.82) is 0 Å². The van der Waals surface area contributed by atoms with Crippen LogP contribution in [0, 0.1) is 0 Å². The zero-order chi connectivity index (χ0) is 29.0. The van der Waals surface area contributed by atoms with Crippen LogP contribution >= 0.6 is 0 Å². The third kappa shape index (κ3) is 3.98. The van der Waals surface area contributed by atoms with E-state index in [2.05, 4.69) is 60.7 Å². The summed E-state index contributed by atoms with van der Waals surface area (Å²) in [6.07, 6.45) is 0. The first-order chi connectivity index (χ1) is 21.8. The lowest BCUT2D eigenvalue weighted by Gasteiger charge is -2.10. The van der Waals surface area contributed by atoms with E-state index in [1.165, 1.54) is 0 Å². The van der Waals surface area contributed by atoms with Crippen molar-refractivity contribution >= 4 is 43.9 Å². The average Bonchev–Trinajstić information content (AvgIpc) is 3.67. The second-order valence-corrected chi connectivity index (χ2v) is 10.8. The molecular formula is C39H23N3O2. The highest BCUT2D eigenvalue weighted by atomic mass is 16.3. The van der Waals surface area contributed by atoms with Gasteiger partial charge in [-0.25, -0.2) is 15.0 Å². The summed E-state index contributed by atoms with van der Waals surface area (Å²) in [6, 6.07) is 47.0. The summed E-state index contributed by atoms with van der Waals surface area (Å²) >= 11 is 0. The zero-order valence-electron chi connectivity index (χ0n) is 23.4. The Morgan fingerprint density at radius 1 is 0.341 bits per heavy atom. The van der Waals surface area contributed by atoms with Crippen LogP contribution in [0.25, 0.3) is 89.2 Å². The normalized spacial score (nSPS) is 11.6. The van der Waals surface area contributed by atoms with E-state index in [4.69, 9.17) is 23.8 Å². The molecule has 0 bridgehead atoms. The Morgan fingerprint density at radius 2 is 0.909 bits per heavy atom. The third-order valence-corrected chi connectivity index (χ3v) is 8.14. The predicted octanol–water partition coefficient (Wildman–Crippen LogP) is 10.3. The highest BCUT2D eigenvalue weighted by molar-refractivity contribution is 6.12. The maximum Gasteiger partial charge on any atom is 0.164 e. The van der Waals surface area contributed by atoms with Crippen LogP contribution in [-0.4, -0.2) is 15.0 Å². The summed E-state index contributed by atoms with van der Waals surface area (Å²) in [7, 11) is 0. The lowest BCUT2D eigenvalue weighted by Crippen LogP contribution is -2.00. The minimum Gasteiger partial charge on any atom is -0.456 e. The largest absolute Gasteiger partial charge is 0.456 e. The summed E-state index contributed by atoms with van der Waals surface area (Å²) in [5.41, 5.74) is 8.24. The SMILES string of the molecule is c1ccc(-c2cccc(-c3nc(-c4ccc5oc6ccccc6c5c4)nc(-c4cccc5oc6ccccc6c45)n3)c2)cc1. The second kappa shape index (κ2) is 9.75. The first kappa shape index (κ1) is 24.5. The molecule has 9 rings (SSSR count). The van der Waals surface area contributed by atoms with Gasteiger partial charge in [-0.1, -0.05) is 97.1 Å². The van der Waals surface area contributed by atoms with Crippen LogP contribution in [-0.2, 0) is 0 Å². The van der Waals surface area contributed by atoms with E-state index in [0.29, 0.717) is 17.5 Å². The number of rotatable bonds is 4. The van der Waals surface area contributed by atoms with Crippen molar-refractivity contribution in [1.82, 2.24) is 15.0 Å². The van der Waals surface area contributed by atoms with E-state index in [-0.39, 0.29) is 0 Å². The van der Waals surface area contributed by atoms with Gasteiger partial charge in [-0.2, -0.15) is 0 Å². The quantitative estimate of drug-likeness (QED) is 0.212. The molecule has 0 aliphatic heterocycles. The number of fused-ring (bicyclic) bond motifs is 6. The number of para-hydroxylation sites is 2. The molecule has 6 aromatic carbocycles. The predicted molar refractivity (Wildman–Crippen MR) is 176 cm³/mol. The minimum atomic E-state index is 0.587. The van der Waals surface area contributed by atoms with Gasteiger partial charge in [0.15, 0.2) is 17.5 Å². The fourth-order valence-corrected chi connectivity index (χ4v) is 6.05. The lowest BCUT2D eigenvalue weighted by atomic mass is 10.0. The molecule has 5 heteroatoms. The summed E-state index contributed by atoms with van der Waals surface area (Å²) in [6.45, 7) is 0. The molecule has 0 aliphatic rings. The zero-order valence-corrected chi connectivity index (χ0v) is 23.4. The van der Waals surface area contributed by atoms with Gasteiger partial charge in [0, 0.05) is 38.2 Å². The summed E-state index contributed by atoms with van der Waals surface area (Å²) in [4.78, 5) is 15.2. The van der Waals surface area contributed by atoms with Gasteiger partial charge < -0.3 is 8.83 Å². The lowest BCUT2D eigenvalue weighted by molar-refractivity contribution is 0.668. The molecule has 3 heterocycles. The summed E-state index contributed by atoms with van der Waals surface area (Å²) in [5, 5.41) is 4.10. The van der Waals surface area contributed by atoms with Crippen molar-refractivity contribution in [2.45, 2.75) is 0 Å². The Hall–Kier alpha value is -6.07. The van der Waals surface area contributed by atoms with Crippen molar-refractivity contribution in [2.24, 2.45) is 0 Å². The molecule has 0 spiro atoms. The number of furan rings is 2. The number of benzene rings is 6. The fourth-order valence-electron chi connectivity index (χ4n) is 6.05. The van der Waals surface area contributed by atoms with Crippen LogP contribution in [0.2, 0.25) is 0 Å². The number of hydrogen-bond donors (Lipinski definition) is 0. The van der Waals surface area contributed by atoms with Crippen LogP contribution in [0.15, 0.2) is 148 Å². The molecule has 0 saturated carbocycles. The van der Waals surface area contributed by atoms with Gasteiger partial charge >= 0.3 is 0 Å². The van der Waals surface area contributed by atoms with Crippen molar-refractivity contribution in [3.05, 3.63) is 140 Å². The van der Waals surface area contributed by atoms with Gasteiger partial charge in [0.1, 0.15) is 22.3 Å². The molecule has 5 nitrogen and oxygen atoms in total. The van der Waals surface area contributed by atoms with E-state index in [0.717, 1.165) is 71.7 Å². The molecule has 0 aliphatic carbocycles.